The van der Waals surface area contributed by atoms with Crippen molar-refractivity contribution in [3.63, 3.8) is 0 Å². The Morgan fingerprint density at radius 3 is 2.45 bits per heavy atom. The van der Waals surface area contributed by atoms with Gasteiger partial charge in [-0.3, -0.25) is 19.2 Å². The van der Waals surface area contributed by atoms with Crippen LogP contribution in [0.5, 0.6) is 0 Å². The smallest absolute Gasteiger partial charge is 0.303 e. The van der Waals surface area contributed by atoms with Crippen molar-refractivity contribution in [1.82, 2.24) is 34.8 Å². The van der Waals surface area contributed by atoms with Gasteiger partial charge in [0.05, 0.1) is 24.0 Å². The number of carboxylic acid groups (broad SMARTS) is 1. The van der Waals surface area contributed by atoms with E-state index in [9.17, 15) is 19.2 Å². The van der Waals surface area contributed by atoms with E-state index in [4.69, 9.17) is 14.8 Å². The number of unbranched alkanes of at least 4 members (excludes halogenated alkanes) is 2. The molecule has 3 saturated heterocycles. The molecule has 0 radical (unpaired) electrons. The third-order valence-electron chi connectivity index (χ3n) is 13.3. The first-order valence-electron chi connectivity index (χ1n) is 24.4. The first-order valence-corrected chi connectivity index (χ1v) is 24.4. The van der Waals surface area contributed by atoms with Gasteiger partial charge in [0, 0.05) is 102 Å². The lowest BCUT2D eigenvalue weighted by Crippen LogP contribution is -2.48. The number of aryl methyl sites for hydroxylation is 4. The molecular weight excluding hydrogens is 823 g/mol. The minimum atomic E-state index is -0.687. The Bertz CT molecular complexity index is 2000. The van der Waals surface area contributed by atoms with Gasteiger partial charge in [-0.2, -0.15) is 5.10 Å². The number of amides is 3. The van der Waals surface area contributed by atoms with Crippen LogP contribution in [0.2, 0.25) is 0 Å². The van der Waals surface area contributed by atoms with Crippen molar-refractivity contribution in [1.29, 1.82) is 0 Å². The summed E-state index contributed by atoms with van der Waals surface area (Å²) in [5.41, 5.74) is 6.83. The zero-order chi connectivity index (χ0) is 46.0. The number of carboxylic acids is 1. The maximum Gasteiger partial charge on any atom is 0.303 e. The number of aliphatic carboxylic acids is 1. The van der Waals surface area contributed by atoms with Gasteiger partial charge in [0.15, 0.2) is 0 Å². The molecule has 65 heavy (non-hydrogen) atoms. The third-order valence-corrected chi connectivity index (χ3v) is 13.3. The lowest BCUT2D eigenvalue weighted by Gasteiger charge is -2.36. The number of piperazine rings is 1. The first kappa shape index (κ1) is 49.4. The normalized spacial score (nSPS) is 18.5. The average molecular weight is 898 g/mol. The van der Waals surface area contributed by atoms with Crippen LogP contribution in [-0.4, -0.2) is 143 Å². The number of likely N-dealkylation sites (tertiary alicyclic amines) is 2. The van der Waals surface area contributed by atoms with Crippen LogP contribution in [0.3, 0.4) is 0 Å². The van der Waals surface area contributed by atoms with Crippen molar-refractivity contribution in [2.75, 3.05) is 89.4 Å². The summed E-state index contributed by atoms with van der Waals surface area (Å²) in [7, 11) is 1.68. The van der Waals surface area contributed by atoms with E-state index in [1.165, 1.54) is 30.5 Å². The number of carbonyl (C=O) groups is 4. The quantitative estimate of drug-likeness (QED) is 0.105. The van der Waals surface area contributed by atoms with Gasteiger partial charge >= 0.3 is 5.97 Å². The van der Waals surface area contributed by atoms with Gasteiger partial charge in [0.25, 0.3) is 0 Å². The van der Waals surface area contributed by atoms with Crippen LogP contribution in [0, 0.1) is 19.8 Å². The van der Waals surface area contributed by atoms with Gasteiger partial charge in [-0.15, -0.1) is 0 Å². The van der Waals surface area contributed by atoms with Gasteiger partial charge in [-0.1, -0.05) is 18.6 Å². The van der Waals surface area contributed by atoms with E-state index in [0.717, 1.165) is 132 Å². The number of fused-ring (bicyclic) bond motifs is 1. The zero-order valence-corrected chi connectivity index (χ0v) is 39.4. The third kappa shape index (κ3) is 15.5. The van der Waals surface area contributed by atoms with E-state index in [2.05, 4.69) is 74.9 Å². The van der Waals surface area contributed by atoms with Gasteiger partial charge < -0.3 is 40.1 Å². The van der Waals surface area contributed by atoms with Crippen LogP contribution in [0.4, 0.5) is 11.5 Å². The highest BCUT2D eigenvalue weighted by atomic mass is 16.5. The highest BCUT2D eigenvalue weighted by molar-refractivity contribution is 5.79. The van der Waals surface area contributed by atoms with Crippen LogP contribution in [0.25, 0.3) is 5.69 Å². The monoisotopic (exact) mass is 898 g/mol. The van der Waals surface area contributed by atoms with Crippen molar-refractivity contribution in [2.45, 2.75) is 123 Å². The molecular formula is C50H75N9O6. The predicted octanol–water partition coefficient (Wildman–Crippen LogP) is 6.18. The van der Waals surface area contributed by atoms with Crippen LogP contribution in [0.1, 0.15) is 113 Å². The molecule has 3 aromatic rings. The fourth-order valence-corrected chi connectivity index (χ4v) is 9.72. The summed E-state index contributed by atoms with van der Waals surface area (Å²) >= 11 is 0. The molecule has 0 spiro atoms. The maximum absolute atomic E-state index is 12.8. The van der Waals surface area contributed by atoms with E-state index in [-0.39, 0.29) is 30.2 Å². The molecule has 0 aliphatic carbocycles. The van der Waals surface area contributed by atoms with E-state index in [1.54, 1.807) is 7.11 Å². The number of methoxy groups -OCH3 is 1. The Balaban J connectivity index is 0.000000255. The summed E-state index contributed by atoms with van der Waals surface area (Å²) in [5.74, 6) is 1.46. The lowest BCUT2D eigenvalue weighted by molar-refractivity contribution is -0.137. The number of anilines is 2. The summed E-state index contributed by atoms with van der Waals surface area (Å²) in [6.07, 6.45) is 13.4. The largest absolute Gasteiger partial charge is 0.481 e. The van der Waals surface area contributed by atoms with Gasteiger partial charge in [0.1, 0.15) is 5.82 Å². The molecule has 2 unspecified atom stereocenters. The topological polar surface area (TPSA) is 165 Å². The standard InChI is InChI=1S/C32H48N6O4.C18H27N3O2/c1-25-22-26(2)38(34-25)28-11-7-10-27(23-28)35-18-20-36(21-19-35)31(40)15-8-13-30(39)33-16-6-4-5-14-32(41)37-17-9-12-29(37)24-42-3;22-17(23)4-2-11-21-12-9-14(13-21)5-7-16-8-6-15-3-1-10-19-18(15)20-16/h7,10-11,22-23,29H,4-6,8-9,12-21,24H2,1-3H3,(H,33,39);6,8,14H,1-5,7,9-13H2,(H,19,20)(H,22,23). The second-order valence-electron chi connectivity index (χ2n) is 18.4. The van der Waals surface area contributed by atoms with Crippen molar-refractivity contribution < 1.29 is 29.0 Å². The number of rotatable bonds is 21. The molecule has 15 nitrogen and oxygen atoms in total. The van der Waals surface area contributed by atoms with E-state index in [0.29, 0.717) is 51.9 Å². The fourth-order valence-electron chi connectivity index (χ4n) is 9.72. The Hall–Kier alpha value is -5.02. The summed E-state index contributed by atoms with van der Waals surface area (Å²) < 4.78 is 7.20. The minimum absolute atomic E-state index is 0.00864. The second kappa shape index (κ2) is 25.6. The Morgan fingerprint density at radius 2 is 1.66 bits per heavy atom. The first-order chi connectivity index (χ1) is 31.6. The molecule has 2 atom stereocenters. The lowest BCUT2D eigenvalue weighted by atomic mass is 10.00. The molecule has 4 aliphatic heterocycles. The number of ether oxygens (including phenoxy) is 1. The van der Waals surface area contributed by atoms with Crippen molar-refractivity contribution in [3.05, 3.63) is 65.1 Å². The number of nitrogens with zero attached hydrogens (tertiary/aromatic N) is 7. The average Bonchev–Trinajstić information content (AvgIpc) is 4.06. The number of benzene rings is 1. The summed E-state index contributed by atoms with van der Waals surface area (Å²) in [4.78, 5) is 61.4. The molecule has 0 bridgehead atoms. The Kier molecular flexibility index (Phi) is 19.5. The highest BCUT2D eigenvalue weighted by Crippen LogP contribution is 2.25. The number of hydrogen-bond acceptors (Lipinski definition) is 10. The van der Waals surface area contributed by atoms with Crippen molar-refractivity contribution in [2.24, 2.45) is 5.92 Å². The minimum Gasteiger partial charge on any atom is -0.481 e. The summed E-state index contributed by atoms with van der Waals surface area (Å²) in [6, 6.07) is 15.1. The van der Waals surface area contributed by atoms with Gasteiger partial charge in [-0.25, -0.2) is 9.67 Å². The van der Waals surface area contributed by atoms with Crippen LogP contribution in [0.15, 0.2) is 42.5 Å². The molecule has 6 heterocycles. The number of aromatic nitrogens is 3. The van der Waals surface area contributed by atoms with Gasteiger partial charge in [-0.05, 0) is 139 Å². The SMILES string of the molecule is COCC1CCCN1C(=O)CCCCCNC(=O)CCCC(=O)N1CCN(c2cccc(-n3nc(C)cc3C)c2)CC1.O=C(O)CCCN1CCC(CCc2ccc3c(n2)NCCC3)C1. The number of pyridine rings is 1. The number of hydrogen-bond donors (Lipinski definition) is 3. The number of carbonyl (C=O) groups excluding carboxylic acids is 3. The molecule has 0 saturated carbocycles. The molecule has 4 aliphatic rings. The predicted molar refractivity (Wildman–Crippen MR) is 255 cm³/mol. The Morgan fingerprint density at radius 1 is 0.846 bits per heavy atom. The molecule has 356 valence electrons. The molecule has 7 rings (SSSR count). The van der Waals surface area contributed by atoms with Crippen LogP contribution >= 0.6 is 0 Å². The molecule has 3 amide bonds. The highest BCUT2D eigenvalue weighted by Gasteiger charge is 2.28. The van der Waals surface area contributed by atoms with Gasteiger partial charge in [0.2, 0.25) is 17.7 Å². The maximum atomic E-state index is 12.8. The molecule has 2 aromatic heterocycles. The zero-order valence-electron chi connectivity index (χ0n) is 39.4. The summed E-state index contributed by atoms with van der Waals surface area (Å²) in [5, 5.41) is 19.7. The fraction of sp³-hybridized carbons (Fsp3) is 0.640. The summed E-state index contributed by atoms with van der Waals surface area (Å²) in [6.45, 7) is 13.2. The Labute approximate surface area is 386 Å². The molecule has 3 N–H and O–H groups in total. The van der Waals surface area contributed by atoms with Crippen LogP contribution in [-0.2, 0) is 36.8 Å². The van der Waals surface area contributed by atoms with E-state index >= 15 is 0 Å². The second-order valence-corrected chi connectivity index (χ2v) is 18.4. The number of nitrogens with one attached hydrogen (secondary N) is 2. The molecule has 3 fully saturated rings. The van der Waals surface area contributed by atoms with E-state index < -0.39 is 5.97 Å². The molecule has 15 heteroatoms. The van der Waals surface area contributed by atoms with Crippen LogP contribution < -0.4 is 15.5 Å². The van der Waals surface area contributed by atoms with Crippen molar-refractivity contribution in [3.8, 4) is 5.69 Å². The molecule has 1 aromatic carbocycles. The van der Waals surface area contributed by atoms with Crippen molar-refractivity contribution >= 4 is 35.2 Å². The van der Waals surface area contributed by atoms with E-state index in [1.807, 2.05) is 21.4 Å².